The standard InChI is InChI=1S/C21H21FN4O3/c1-14(17-7-9-19(22)10-8-17)25-20(27)15(2)29-21(28)18-5-3-16(4-6-18)11-26-13-23-12-24-26/h3-10,12-15H,11H2,1-2H3,(H,25,27). The zero-order chi connectivity index (χ0) is 20.8. The Labute approximate surface area is 167 Å². The van der Waals surface area contributed by atoms with Crippen molar-refractivity contribution < 1.29 is 18.7 Å². The van der Waals surface area contributed by atoms with Gasteiger partial charge in [-0.25, -0.2) is 18.9 Å². The van der Waals surface area contributed by atoms with Crippen LogP contribution in [0.25, 0.3) is 0 Å². The maximum absolute atomic E-state index is 13.0. The van der Waals surface area contributed by atoms with Crippen molar-refractivity contribution >= 4 is 11.9 Å². The van der Waals surface area contributed by atoms with E-state index in [0.29, 0.717) is 12.1 Å². The summed E-state index contributed by atoms with van der Waals surface area (Å²) >= 11 is 0. The van der Waals surface area contributed by atoms with Gasteiger partial charge in [0.05, 0.1) is 18.2 Å². The average molecular weight is 396 g/mol. The molecule has 0 saturated carbocycles. The predicted molar refractivity (Wildman–Crippen MR) is 103 cm³/mol. The minimum Gasteiger partial charge on any atom is -0.449 e. The molecule has 0 aliphatic heterocycles. The molecule has 2 atom stereocenters. The minimum absolute atomic E-state index is 0.345. The highest BCUT2D eigenvalue weighted by molar-refractivity contribution is 5.92. The van der Waals surface area contributed by atoms with E-state index < -0.39 is 18.0 Å². The van der Waals surface area contributed by atoms with E-state index in [1.54, 1.807) is 54.3 Å². The van der Waals surface area contributed by atoms with E-state index in [-0.39, 0.29) is 11.9 Å². The molecule has 1 aromatic heterocycles. The molecule has 2 unspecified atom stereocenters. The second-order valence-corrected chi connectivity index (χ2v) is 6.62. The third kappa shape index (κ3) is 5.47. The Hall–Kier alpha value is -3.55. The molecule has 0 spiro atoms. The Morgan fingerprint density at radius 2 is 1.79 bits per heavy atom. The highest BCUT2D eigenvalue weighted by Crippen LogP contribution is 2.14. The van der Waals surface area contributed by atoms with Crippen LogP contribution in [-0.4, -0.2) is 32.7 Å². The molecule has 0 saturated heterocycles. The molecule has 1 heterocycles. The van der Waals surface area contributed by atoms with Crippen molar-refractivity contribution in [2.24, 2.45) is 0 Å². The highest BCUT2D eigenvalue weighted by Gasteiger charge is 2.21. The first kappa shape index (κ1) is 20.2. The zero-order valence-electron chi connectivity index (χ0n) is 16.1. The first-order valence-corrected chi connectivity index (χ1v) is 9.10. The van der Waals surface area contributed by atoms with Crippen LogP contribution in [0.1, 0.15) is 41.4 Å². The Morgan fingerprint density at radius 3 is 2.41 bits per heavy atom. The van der Waals surface area contributed by atoms with E-state index in [4.69, 9.17) is 4.74 Å². The number of nitrogens with one attached hydrogen (secondary N) is 1. The summed E-state index contributed by atoms with van der Waals surface area (Å²) < 4.78 is 19.9. The Morgan fingerprint density at radius 1 is 1.10 bits per heavy atom. The van der Waals surface area contributed by atoms with Gasteiger partial charge >= 0.3 is 5.97 Å². The molecule has 1 amide bonds. The fourth-order valence-electron chi connectivity index (χ4n) is 2.70. The molecular formula is C21H21FN4O3. The average Bonchev–Trinajstić information content (AvgIpc) is 3.22. The van der Waals surface area contributed by atoms with Gasteiger partial charge < -0.3 is 10.1 Å². The molecule has 1 N–H and O–H groups in total. The Balaban J connectivity index is 1.53. The van der Waals surface area contributed by atoms with E-state index in [2.05, 4.69) is 15.4 Å². The van der Waals surface area contributed by atoms with Crippen molar-refractivity contribution in [3.05, 3.63) is 83.7 Å². The Bertz CT molecular complexity index is 957. The number of aromatic nitrogens is 3. The summed E-state index contributed by atoms with van der Waals surface area (Å²) in [5, 5.41) is 6.78. The molecule has 0 aliphatic carbocycles. The third-order valence-corrected chi connectivity index (χ3v) is 4.38. The molecule has 0 aliphatic rings. The van der Waals surface area contributed by atoms with Crippen LogP contribution >= 0.6 is 0 Å². The molecule has 0 fully saturated rings. The number of benzene rings is 2. The van der Waals surface area contributed by atoms with Crippen LogP contribution in [0.2, 0.25) is 0 Å². The monoisotopic (exact) mass is 396 g/mol. The lowest BCUT2D eigenvalue weighted by Gasteiger charge is -2.18. The number of ether oxygens (including phenoxy) is 1. The van der Waals surface area contributed by atoms with Crippen molar-refractivity contribution in [2.45, 2.75) is 32.5 Å². The van der Waals surface area contributed by atoms with Crippen LogP contribution in [0, 0.1) is 5.82 Å². The number of carbonyl (C=O) groups is 2. The van der Waals surface area contributed by atoms with Crippen LogP contribution in [0.3, 0.4) is 0 Å². The van der Waals surface area contributed by atoms with E-state index in [0.717, 1.165) is 11.1 Å². The number of hydrogen-bond donors (Lipinski definition) is 1. The molecule has 3 rings (SSSR count). The van der Waals surface area contributed by atoms with E-state index >= 15 is 0 Å². The van der Waals surface area contributed by atoms with E-state index in [1.165, 1.54) is 25.4 Å². The van der Waals surface area contributed by atoms with Gasteiger partial charge in [-0.05, 0) is 49.2 Å². The molecule has 29 heavy (non-hydrogen) atoms. The summed E-state index contributed by atoms with van der Waals surface area (Å²) in [5.74, 6) is -1.37. The molecule has 7 nitrogen and oxygen atoms in total. The number of rotatable bonds is 7. The maximum Gasteiger partial charge on any atom is 0.338 e. The normalized spacial score (nSPS) is 12.8. The fourth-order valence-corrected chi connectivity index (χ4v) is 2.70. The number of esters is 1. The van der Waals surface area contributed by atoms with Gasteiger partial charge in [-0.2, -0.15) is 5.10 Å². The van der Waals surface area contributed by atoms with Crippen LogP contribution < -0.4 is 5.32 Å². The van der Waals surface area contributed by atoms with Crippen LogP contribution in [0.5, 0.6) is 0 Å². The van der Waals surface area contributed by atoms with Gasteiger partial charge in [-0.15, -0.1) is 0 Å². The molecular weight excluding hydrogens is 375 g/mol. The summed E-state index contributed by atoms with van der Waals surface area (Å²) in [6.07, 6.45) is 2.09. The SMILES string of the molecule is CC(OC(=O)c1ccc(Cn2cncn2)cc1)C(=O)NC(C)c1ccc(F)cc1. The lowest BCUT2D eigenvalue weighted by atomic mass is 10.1. The van der Waals surface area contributed by atoms with Gasteiger partial charge in [0, 0.05) is 0 Å². The summed E-state index contributed by atoms with van der Waals surface area (Å²) in [6.45, 7) is 3.81. The van der Waals surface area contributed by atoms with Crippen LogP contribution in [0.15, 0.2) is 61.2 Å². The van der Waals surface area contributed by atoms with Crippen LogP contribution in [0.4, 0.5) is 4.39 Å². The van der Waals surface area contributed by atoms with Crippen molar-refractivity contribution in [1.82, 2.24) is 20.1 Å². The van der Waals surface area contributed by atoms with Gasteiger partial charge in [0.1, 0.15) is 18.5 Å². The number of nitrogens with zero attached hydrogens (tertiary/aromatic N) is 3. The summed E-state index contributed by atoms with van der Waals surface area (Å²) in [7, 11) is 0. The lowest BCUT2D eigenvalue weighted by Crippen LogP contribution is -2.37. The zero-order valence-corrected chi connectivity index (χ0v) is 16.1. The first-order chi connectivity index (χ1) is 13.9. The molecule has 8 heteroatoms. The van der Waals surface area contributed by atoms with Crippen LogP contribution in [-0.2, 0) is 16.1 Å². The topological polar surface area (TPSA) is 86.1 Å². The number of carbonyl (C=O) groups excluding carboxylic acids is 2. The predicted octanol–water partition coefficient (Wildman–Crippen LogP) is 2.89. The number of hydrogen-bond acceptors (Lipinski definition) is 5. The van der Waals surface area contributed by atoms with E-state index in [1.807, 2.05) is 0 Å². The first-order valence-electron chi connectivity index (χ1n) is 9.10. The van der Waals surface area contributed by atoms with Gasteiger partial charge in [0.2, 0.25) is 0 Å². The second kappa shape index (κ2) is 9.09. The smallest absolute Gasteiger partial charge is 0.338 e. The van der Waals surface area contributed by atoms with Gasteiger partial charge in [0.15, 0.2) is 6.10 Å². The summed E-state index contributed by atoms with van der Waals surface area (Å²) in [6, 6.07) is 12.4. The van der Waals surface area contributed by atoms with Gasteiger partial charge in [0.25, 0.3) is 5.91 Å². The van der Waals surface area contributed by atoms with Crippen molar-refractivity contribution in [3.63, 3.8) is 0 Å². The molecule has 150 valence electrons. The molecule has 2 aromatic carbocycles. The van der Waals surface area contributed by atoms with Crippen molar-refractivity contribution in [1.29, 1.82) is 0 Å². The van der Waals surface area contributed by atoms with E-state index in [9.17, 15) is 14.0 Å². The Kier molecular flexibility index (Phi) is 6.33. The lowest BCUT2D eigenvalue weighted by molar-refractivity contribution is -0.129. The number of amides is 1. The molecule has 0 bridgehead atoms. The summed E-state index contributed by atoms with van der Waals surface area (Å²) in [5.41, 5.74) is 2.05. The number of halogens is 1. The largest absolute Gasteiger partial charge is 0.449 e. The van der Waals surface area contributed by atoms with Gasteiger partial charge in [-0.1, -0.05) is 24.3 Å². The van der Waals surface area contributed by atoms with Crippen molar-refractivity contribution in [3.8, 4) is 0 Å². The highest BCUT2D eigenvalue weighted by atomic mass is 19.1. The summed E-state index contributed by atoms with van der Waals surface area (Å²) in [4.78, 5) is 28.5. The fraction of sp³-hybridized carbons (Fsp3) is 0.238. The third-order valence-electron chi connectivity index (χ3n) is 4.38. The minimum atomic E-state index is -0.972. The second-order valence-electron chi connectivity index (χ2n) is 6.62. The van der Waals surface area contributed by atoms with Crippen molar-refractivity contribution in [2.75, 3.05) is 0 Å². The maximum atomic E-state index is 13.0. The van der Waals surface area contributed by atoms with Gasteiger partial charge in [-0.3, -0.25) is 4.79 Å². The molecule has 0 radical (unpaired) electrons. The quantitative estimate of drug-likeness (QED) is 0.621. The molecule has 3 aromatic rings.